The van der Waals surface area contributed by atoms with E-state index < -0.39 is 0 Å². The van der Waals surface area contributed by atoms with E-state index in [1.165, 1.54) is 32.4 Å². The molecule has 0 radical (unpaired) electrons. The van der Waals surface area contributed by atoms with E-state index in [4.69, 9.17) is 0 Å². The van der Waals surface area contributed by atoms with Gasteiger partial charge in [0.15, 0.2) is 0 Å². The van der Waals surface area contributed by atoms with Crippen molar-refractivity contribution in [1.29, 1.82) is 0 Å². The molecule has 0 atom stereocenters. The highest BCUT2D eigenvalue weighted by Crippen LogP contribution is 2.30. The van der Waals surface area contributed by atoms with Gasteiger partial charge in [0.25, 0.3) is 0 Å². The molecule has 1 rings (SSSR count). The third-order valence-corrected chi connectivity index (χ3v) is 3.06. The minimum absolute atomic E-state index is 0.410. The molecule has 1 N–H and O–H groups in total. The topological polar surface area (TPSA) is 15.3 Å². The summed E-state index contributed by atoms with van der Waals surface area (Å²) >= 11 is 0. The molecule has 0 heterocycles. The predicted octanol–water partition coefficient (Wildman–Crippen LogP) is 2.50. The van der Waals surface area contributed by atoms with Gasteiger partial charge >= 0.3 is 0 Å². The molecule has 15 heavy (non-hydrogen) atoms. The Kier molecular flexibility index (Phi) is 5.07. The van der Waals surface area contributed by atoms with Crippen molar-refractivity contribution in [2.75, 3.05) is 26.2 Å². The van der Waals surface area contributed by atoms with Gasteiger partial charge in [-0.2, -0.15) is 0 Å². The van der Waals surface area contributed by atoms with E-state index in [0.717, 1.165) is 19.1 Å². The van der Waals surface area contributed by atoms with Gasteiger partial charge in [-0.1, -0.05) is 27.7 Å². The van der Waals surface area contributed by atoms with Crippen LogP contribution in [0.25, 0.3) is 0 Å². The summed E-state index contributed by atoms with van der Waals surface area (Å²) in [5.41, 5.74) is 0.410. The Morgan fingerprint density at radius 1 is 1.27 bits per heavy atom. The lowest BCUT2D eigenvalue weighted by Gasteiger charge is -2.33. The zero-order valence-electron chi connectivity index (χ0n) is 11.0. The largest absolute Gasteiger partial charge is 0.316 e. The van der Waals surface area contributed by atoms with Crippen molar-refractivity contribution < 1.29 is 0 Å². The molecular formula is C13H28N2. The fraction of sp³-hybridized carbons (Fsp3) is 1.00. The van der Waals surface area contributed by atoms with Crippen LogP contribution in [-0.2, 0) is 0 Å². The summed E-state index contributed by atoms with van der Waals surface area (Å²) in [6.45, 7) is 14.0. The van der Waals surface area contributed by atoms with Crippen LogP contribution in [0.3, 0.4) is 0 Å². The summed E-state index contributed by atoms with van der Waals surface area (Å²) in [6, 6.07) is 0.908. The molecule has 0 aliphatic heterocycles. The van der Waals surface area contributed by atoms with Crippen molar-refractivity contribution in [1.82, 2.24) is 10.2 Å². The lowest BCUT2D eigenvalue weighted by molar-refractivity contribution is 0.167. The van der Waals surface area contributed by atoms with Gasteiger partial charge in [-0.25, -0.2) is 0 Å². The van der Waals surface area contributed by atoms with Gasteiger partial charge in [0.2, 0.25) is 0 Å². The molecular weight excluding hydrogens is 184 g/mol. The Morgan fingerprint density at radius 3 is 2.40 bits per heavy atom. The second kappa shape index (κ2) is 5.86. The van der Waals surface area contributed by atoms with E-state index >= 15 is 0 Å². The maximum atomic E-state index is 3.47. The molecule has 0 amide bonds. The number of hydrogen-bond acceptors (Lipinski definition) is 2. The molecule has 90 valence electrons. The van der Waals surface area contributed by atoms with Crippen LogP contribution in [0.1, 0.15) is 47.0 Å². The first-order valence-electron chi connectivity index (χ1n) is 6.54. The average molecular weight is 212 g/mol. The first-order chi connectivity index (χ1) is 7.09. The van der Waals surface area contributed by atoms with Gasteiger partial charge in [-0.05, 0) is 37.8 Å². The average Bonchev–Trinajstić information content (AvgIpc) is 2.97. The van der Waals surface area contributed by atoms with Gasteiger partial charge in [0.05, 0.1) is 0 Å². The van der Waals surface area contributed by atoms with Crippen molar-refractivity contribution in [2.24, 2.45) is 5.41 Å². The fourth-order valence-electron chi connectivity index (χ4n) is 2.19. The Bertz CT molecular complexity index is 173. The SMILES string of the molecule is CCCN(CC(C)(C)CNCC)C1CC1. The third kappa shape index (κ3) is 4.98. The van der Waals surface area contributed by atoms with Crippen LogP contribution in [0.5, 0.6) is 0 Å². The Labute approximate surface area is 95.4 Å². The second-order valence-electron chi connectivity index (χ2n) is 5.65. The molecule has 0 aromatic rings. The van der Waals surface area contributed by atoms with Crippen LogP contribution in [0.4, 0.5) is 0 Å². The molecule has 2 nitrogen and oxygen atoms in total. The van der Waals surface area contributed by atoms with Crippen LogP contribution in [0.2, 0.25) is 0 Å². The number of nitrogens with one attached hydrogen (secondary N) is 1. The smallest absolute Gasteiger partial charge is 0.00966 e. The van der Waals surface area contributed by atoms with Crippen molar-refractivity contribution in [3.8, 4) is 0 Å². The van der Waals surface area contributed by atoms with Crippen LogP contribution in [0, 0.1) is 5.41 Å². The van der Waals surface area contributed by atoms with E-state index in [2.05, 4.69) is 37.9 Å². The molecule has 1 saturated carbocycles. The maximum Gasteiger partial charge on any atom is 0.00966 e. The van der Waals surface area contributed by atoms with Gasteiger partial charge in [-0.15, -0.1) is 0 Å². The monoisotopic (exact) mass is 212 g/mol. The quantitative estimate of drug-likeness (QED) is 0.665. The van der Waals surface area contributed by atoms with E-state index in [1.54, 1.807) is 0 Å². The molecule has 1 aliphatic carbocycles. The van der Waals surface area contributed by atoms with Gasteiger partial charge < -0.3 is 5.32 Å². The highest BCUT2D eigenvalue weighted by molar-refractivity contribution is 4.88. The van der Waals surface area contributed by atoms with Gasteiger partial charge in [0, 0.05) is 19.1 Å². The summed E-state index contributed by atoms with van der Waals surface area (Å²) < 4.78 is 0. The maximum absolute atomic E-state index is 3.47. The highest BCUT2D eigenvalue weighted by atomic mass is 15.2. The molecule has 0 spiro atoms. The molecule has 2 heteroatoms. The Balaban J connectivity index is 2.33. The van der Waals surface area contributed by atoms with Crippen LogP contribution >= 0.6 is 0 Å². The Hall–Kier alpha value is -0.0800. The highest BCUT2D eigenvalue weighted by Gasteiger charge is 2.32. The van der Waals surface area contributed by atoms with E-state index in [-0.39, 0.29) is 0 Å². The number of hydrogen-bond donors (Lipinski definition) is 1. The minimum Gasteiger partial charge on any atom is -0.316 e. The van der Waals surface area contributed by atoms with Crippen molar-refractivity contribution in [3.63, 3.8) is 0 Å². The molecule has 1 aliphatic rings. The predicted molar refractivity (Wildman–Crippen MR) is 67.2 cm³/mol. The summed E-state index contributed by atoms with van der Waals surface area (Å²) in [5, 5.41) is 3.47. The van der Waals surface area contributed by atoms with E-state index in [1.807, 2.05) is 0 Å². The lowest BCUT2D eigenvalue weighted by atomic mass is 9.92. The third-order valence-electron chi connectivity index (χ3n) is 3.06. The van der Waals surface area contributed by atoms with Crippen molar-refractivity contribution in [3.05, 3.63) is 0 Å². The molecule has 0 saturated heterocycles. The Morgan fingerprint density at radius 2 is 1.93 bits per heavy atom. The van der Waals surface area contributed by atoms with Gasteiger partial charge in [0.1, 0.15) is 0 Å². The molecule has 1 fully saturated rings. The summed E-state index contributed by atoms with van der Waals surface area (Å²) in [7, 11) is 0. The van der Waals surface area contributed by atoms with Crippen molar-refractivity contribution >= 4 is 0 Å². The zero-order chi connectivity index (χ0) is 11.3. The van der Waals surface area contributed by atoms with Crippen molar-refractivity contribution in [2.45, 2.75) is 53.0 Å². The second-order valence-corrected chi connectivity index (χ2v) is 5.65. The van der Waals surface area contributed by atoms with E-state index in [0.29, 0.717) is 5.41 Å². The molecule has 0 aromatic heterocycles. The molecule has 0 unspecified atom stereocenters. The fourth-order valence-corrected chi connectivity index (χ4v) is 2.19. The number of rotatable bonds is 8. The zero-order valence-corrected chi connectivity index (χ0v) is 11.0. The number of nitrogens with zero attached hydrogens (tertiary/aromatic N) is 1. The van der Waals surface area contributed by atoms with Gasteiger partial charge in [-0.3, -0.25) is 4.90 Å². The van der Waals surface area contributed by atoms with Crippen LogP contribution in [-0.4, -0.2) is 37.1 Å². The summed E-state index contributed by atoms with van der Waals surface area (Å²) in [4.78, 5) is 2.69. The first-order valence-corrected chi connectivity index (χ1v) is 6.54. The molecule has 0 aromatic carbocycles. The van der Waals surface area contributed by atoms with Crippen LogP contribution < -0.4 is 5.32 Å². The first kappa shape index (κ1) is 13.0. The standard InChI is InChI=1S/C13H28N2/c1-5-9-15(12-7-8-12)11-13(3,4)10-14-6-2/h12,14H,5-11H2,1-4H3. The minimum atomic E-state index is 0.410. The molecule has 0 bridgehead atoms. The van der Waals surface area contributed by atoms with Crippen LogP contribution in [0.15, 0.2) is 0 Å². The normalized spacial score (nSPS) is 17.4. The van der Waals surface area contributed by atoms with E-state index in [9.17, 15) is 0 Å². The lowest BCUT2D eigenvalue weighted by Crippen LogP contribution is -2.41. The summed E-state index contributed by atoms with van der Waals surface area (Å²) in [6.07, 6.45) is 4.14. The summed E-state index contributed by atoms with van der Waals surface area (Å²) in [5.74, 6) is 0.